The maximum Gasteiger partial charge on any atom is 0.220 e. The lowest BCUT2D eigenvalue weighted by Crippen LogP contribution is -2.45. The van der Waals surface area contributed by atoms with E-state index in [0.29, 0.717) is 18.9 Å². The Kier molecular flexibility index (Phi) is 7.02. The molecule has 0 radical (unpaired) electrons. The molecule has 1 aliphatic heterocycles. The van der Waals surface area contributed by atoms with Crippen LogP contribution in [0.5, 0.6) is 0 Å². The van der Waals surface area contributed by atoms with Crippen molar-refractivity contribution < 1.29 is 4.79 Å². The van der Waals surface area contributed by atoms with Gasteiger partial charge in [-0.1, -0.05) is 6.07 Å². The van der Waals surface area contributed by atoms with Crippen molar-refractivity contribution in [3.63, 3.8) is 0 Å². The quantitative estimate of drug-likeness (QED) is 0.566. The molecular formula is C19H29N7OS. The summed E-state index contributed by atoms with van der Waals surface area (Å²) in [6.07, 6.45) is 2.60. The van der Waals surface area contributed by atoms with Gasteiger partial charge in [0.1, 0.15) is 12.4 Å². The highest BCUT2D eigenvalue weighted by atomic mass is 32.1. The third-order valence-electron chi connectivity index (χ3n) is 5.22. The van der Waals surface area contributed by atoms with Crippen molar-refractivity contribution in [2.75, 3.05) is 20.1 Å². The van der Waals surface area contributed by atoms with E-state index in [1.54, 1.807) is 18.4 Å². The van der Waals surface area contributed by atoms with Crippen LogP contribution in [0.1, 0.15) is 35.8 Å². The minimum Gasteiger partial charge on any atom is -0.359 e. The third-order valence-corrected chi connectivity index (χ3v) is 6.10. The topological polar surface area (TPSA) is 87.4 Å². The summed E-state index contributed by atoms with van der Waals surface area (Å²) in [7, 11) is 3.66. The zero-order valence-electron chi connectivity index (χ0n) is 16.8. The first-order valence-corrected chi connectivity index (χ1v) is 10.6. The summed E-state index contributed by atoms with van der Waals surface area (Å²) in [5.74, 6) is 3.19. The number of hydrogen-bond donors (Lipinski definition) is 2. The van der Waals surface area contributed by atoms with E-state index in [-0.39, 0.29) is 5.91 Å². The van der Waals surface area contributed by atoms with E-state index in [1.807, 2.05) is 18.5 Å². The van der Waals surface area contributed by atoms with Gasteiger partial charge in [0, 0.05) is 38.5 Å². The lowest BCUT2D eigenvalue weighted by Gasteiger charge is -2.34. The van der Waals surface area contributed by atoms with Gasteiger partial charge in [0.05, 0.1) is 6.54 Å². The van der Waals surface area contributed by atoms with E-state index in [0.717, 1.165) is 50.1 Å². The van der Waals surface area contributed by atoms with Crippen LogP contribution >= 0.6 is 11.3 Å². The number of aliphatic imine (C=N–C) groups is 1. The van der Waals surface area contributed by atoms with E-state index in [1.165, 1.54) is 4.88 Å². The number of guanidine groups is 1. The number of nitrogens with zero attached hydrogens (tertiary/aromatic N) is 5. The third kappa shape index (κ3) is 5.31. The number of carbonyl (C=O) groups excluding carboxylic acids is 1. The first-order chi connectivity index (χ1) is 13.6. The van der Waals surface area contributed by atoms with Crippen molar-refractivity contribution in [2.24, 2.45) is 18.0 Å². The number of nitrogens with one attached hydrogen (secondary N) is 2. The molecule has 0 aliphatic carbocycles. The Balaban J connectivity index is 1.64. The van der Waals surface area contributed by atoms with Gasteiger partial charge in [-0.3, -0.25) is 4.79 Å². The van der Waals surface area contributed by atoms with Gasteiger partial charge in [-0.05, 0) is 37.1 Å². The van der Waals surface area contributed by atoms with Crippen molar-refractivity contribution in [2.45, 2.75) is 39.3 Å². The fourth-order valence-corrected chi connectivity index (χ4v) is 3.94. The van der Waals surface area contributed by atoms with Crippen LogP contribution < -0.4 is 10.6 Å². The molecule has 0 bridgehead atoms. The summed E-state index contributed by atoms with van der Waals surface area (Å²) in [6, 6.07) is 4.18. The number of aryl methyl sites for hydroxylation is 1. The molecule has 152 valence electrons. The molecule has 0 atom stereocenters. The molecule has 8 nitrogen and oxygen atoms in total. The second-order valence-electron chi connectivity index (χ2n) is 7.10. The summed E-state index contributed by atoms with van der Waals surface area (Å²) in [6.45, 7) is 4.98. The van der Waals surface area contributed by atoms with E-state index >= 15 is 0 Å². The summed E-state index contributed by atoms with van der Waals surface area (Å²) < 4.78 is 1.97. The molecule has 0 aromatic carbocycles. The Morgan fingerprint density at radius 2 is 2.14 bits per heavy atom. The second-order valence-corrected chi connectivity index (χ2v) is 8.14. The van der Waals surface area contributed by atoms with Crippen molar-refractivity contribution >= 4 is 23.2 Å². The van der Waals surface area contributed by atoms with E-state index < -0.39 is 0 Å². The van der Waals surface area contributed by atoms with Crippen molar-refractivity contribution in [1.29, 1.82) is 0 Å². The average molecular weight is 404 g/mol. The molecule has 2 N–H and O–H groups in total. The number of carbonyl (C=O) groups is 1. The van der Waals surface area contributed by atoms with Crippen LogP contribution in [-0.2, 0) is 24.9 Å². The van der Waals surface area contributed by atoms with Gasteiger partial charge >= 0.3 is 0 Å². The van der Waals surface area contributed by atoms with Gasteiger partial charge < -0.3 is 20.1 Å². The highest BCUT2D eigenvalue weighted by Crippen LogP contribution is 2.21. The molecule has 3 rings (SSSR count). The van der Waals surface area contributed by atoms with E-state index in [4.69, 9.17) is 4.99 Å². The van der Waals surface area contributed by atoms with Crippen LogP contribution in [0.25, 0.3) is 0 Å². The monoisotopic (exact) mass is 403 g/mol. The predicted octanol–water partition coefficient (Wildman–Crippen LogP) is 1.68. The molecule has 1 saturated heterocycles. The van der Waals surface area contributed by atoms with Gasteiger partial charge in [0.15, 0.2) is 11.8 Å². The fraction of sp³-hybridized carbons (Fsp3) is 0.579. The minimum atomic E-state index is 0.126. The zero-order valence-corrected chi connectivity index (χ0v) is 17.6. The Bertz CT molecular complexity index is 791. The number of piperidine rings is 1. The molecule has 0 saturated carbocycles. The standard InChI is InChI=1S/C19H29N7OS/c1-14-23-24-17(25(14)3)13-22-19(21-12-16-5-4-10-28-16)26-8-6-15(7-9-26)11-18(27)20-2/h4-5,10,15H,6-9,11-13H2,1-3H3,(H,20,27)(H,21,22). The molecule has 9 heteroatoms. The van der Waals surface area contributed by atoms with Crippen molar-refractivity contribution in [3.05, 3.63) is 34.0 Å². The van der Waals surface area contributed by atoms with Crippen LogP contribution in [0.15, 0.2) is 22.5 Å². The smallest absolute Gasteiger partial charge is 0.220 e. The Hall–Kier alpha value is -2.42. The normalized spacial score (nSPS) is 15.7. The number of thiophene rings is 1. The largest absolute Gasteiger partial charge is 0.359 e. The Labute approximate surface area is 170 Å². The van der Waals surface area contributed by atoms with Gasteiger partial charge in [0.25, 0.3) is 0 Å². The summed E-state index contributed by atoms with van der Waals surface area (Å²) in [5.41, 5.74) is 0. The molecule has 1 amide bonds. The number of rotatable bonds is 6. The maximum absolute atomic E-state index is 11.6. The minimum absolute atomic E-state index is 0.126. The second kappa shape index (κ2) is 9.68. The number of aromatic nitrogens is 3. The van der Waals surface area contributed by atoms with Gasteiger partial charge in [0.2, 0.25) is 5.91 Å². The van der Waals surface area contributed by atoms with Crippen LogP contribution in [0, 0.1) is 12.8 Å². The maximum atomic E-state index is 11.6. The number of hydrogen-bond acceptors (Lipinski definition) is 5. The molecule has 3 heterocycles. The highest BCUT2D eigenvalue weighted by molar-refractivity contribution is 7.09. The number of likely N-dealkylation sites (tertiary alicyclic amines) is 1. The average Bonchev–Trinajstić information content (AvgIpc) is 3.34. The molecule has 0 spiro atoms. The fourth-order valence-electron chi connectivity index (χ4n) is 3.29. The Morgan fingerprint density at radius 1 is 1.36 bits per heavy atom. The summed E-state index contributed by atoms with van der Waals surface area (Å²) in [4.78, 5) is 20.0. The molecule has 2 aromatic heterocycles. The number of amides is 1. The van der Waals surface area contributed by atoms with Gasteiger partial charge in [-0.2, -0.15) is 0 Å². The highest BCUT2D eigenvalue weighted by Gasteiger charge is 2.23. The first kappa shape index (κ1) is 20.3. The molecule has 28 heavy (non-hydrogen) atoms. The van der Waals surface area contributed by atoms with Gasteiger partial charge in [-0.15, -0.1) is 21.5 Å². The molecule has 2 aromatic rings. The van der Waals surface area contributed by atoms with Crippen molar-refractivity contribution in [3.8, 4) is 0 Å². The molecule has 0 unspecified atom stereocenters. The molecule has 1 fully saturated rings. The van der Waals surface area contributed by atoms with Crippen LogP contribution in [0.4, 0.5) is 0 Å². The summed E-state index contributed by atoms with van der Waals surface area (Å²) in [5, 5.41) is 16.6. The predicted molar refractivity (Wildman–Crippen MR) is 111 cm³/mol. The lowest BCUT2D eigenvalue weighted by molar-refractivity contribution is -0.121. The lowest BCUT2D eigenvalue weighted by atomic mass is 9.93. The van der Waals surface area contributed by atoms with Crippen LogP contribution in [0.2, 0.25) is 0 Å². The van der Waals surface area contributed by atoms with Crippen LogP contribution in [0.3, 0.4) is 0 Å². The first-order valence-electron chi connectivity index (χ1n) is 9.68. The van der Waals surface area contributed by atoms with E-state index in [9.17, 15) is 4.79 Å². The Morgan fingerprint density at radius 3 is 2.75 bits per heavy atom. The SMILES string of the molecule is CNC(=O)CC1CCN(C(=NCc2nnc(C)n2C)NCc2cccs2)CC1. The summed E-state index contributed by atoms with van der Waals surface area (Å²) >= 11 is 1.73. The molecular weight excluding hydrogens is 374 g/mol. The zero-order chi connectivity index (χ0) is 19.9. The van der Waals surface area contributed by atoms with Crippen LogP contribution in [-0.4, -0.2) is 51.7 Å². The van der Waals surface area contributed by atoms with E-state index in [2.05, 4.69) is 43.2 Å². The van der Waals surface area contributed by atoms with Crippen molar-refractivity contribution in [1.82, 2.24) is 30.3 Å². The molecule has 1 aliphatic rings. The van der Waals surface area contributed by atoms with Gasteiger partial charge in [-0.25, -0.2) is 4.99 Å².